The predicted molar refractivity (Wildman–Crippen MR) is 88.2 cm³/mol. The molecule has 0 aliphatic carbocycles. The molecule has 0 bridgehead atoms. The molecule has 6 nitrogen and oxygen atoms in total. The predicted octanol–water partition coefficient (Wildman–Crippen LogP) is 1.71. The number of halogens is 1. The maximum atomic E-state index is 14.2. The van der Waals surface area contributed by atoms with Crippen LogP contribution in [0.1, 0.15) is 12.5 Å². The molecular formula is C16H22FN5O. The van der Waals surface area contributed by atoms with Crippen molar-refractivity contribution in [2.45, 2.75) is 13.5 Å². The first kappa shape index (κ1) is 17.0. The fourth-order valence-corrected chi connectivity index (χ4v) is 2.06. The molecule has 1 heterocycles. The van der Waals surface area contributed by atoms with Crippen LogP contribution in [0, 0.1) is 5.82 Å². The van der Waals surface area contributed by atoms with Crippen LogP contribution in [0.3, 0.4) is 0 Å². The topological polar surface area (TPSA) is 63.5 Å². The second-order valence-electron chi connectivity index (χ2n) is 4.81. The molecule has 2 N–H and O–H groups in total. The molecule has 0 atom stereocenters. The Morgan fingerprint density at radius 1 is 1.39 bits per heavy atom. The summed E-state index contributed by atoms with van der Waals surface area (Å²) in [5, 5.41) is 6.27. The molecule has 0 saturated carbocycles. The van der Waals surface area contributed by atoms with Crippen molar-refractivity contribution in [2.24, 2.45) is 4.99 Å². The molecule has 0 unspecified atom stereocenters. The molecule has 0 aliphatic heterocycles. The van der Waals surface area contributed by atoms with E-state index in [-0.39, 0.29) is 5.82 Å². The van der Waals surface area contributed by atoms with Crippen LogP contribution in [0.15, 0.2) is 41.9 Å². The third kappa shape index (κ3) is 5.07. The van der Waals surface area contributed by atoms with Crippen LogP contribution in [0.4, 0.5) is 4.39 Å². The Kier molecular flexibility index (Phi) is 6.56. The van der Waals surface area contributed by atoms with E-state index in [9.17, 15) is 4.39 Å². The summed E-state index contributed by atoms with van der Waals surface area (Å²) in [5.41, 5.74) is 1.31. The second-order valence-corrected chi connectivity index (χ2v) is 4.81. The van der Waals surface area contributed by atoms with Crippen LogP contribution in [0.2, 0.25) is 0 Å². The lowest BCUT2D eigenvalue weighted by Gasteiger charge is -2.12. The van der Waals surface area contributed by atoms with Crippen molar-refractivity contribution < 1.29 is 9.13 Å². The number of nitrogens with one attached hydrogen (secondary N) is 2. The quantitative estimate of drug-likeness (QED) is 0.463. The van der Waals surface area contributed by atoms with Crippen molar-refractivity contribution in [3.8, 4) is 5.69 Å². The van der Waals surface area contributed by atoms with Crippen LogP contribution < -0.4 is 10.6 Å². The molecule has 0 spiro atoms. The number of guanidine groups is 1. The summed E-state index contributed by atoms with van der Waals surface area (Å²) in [5.74, 6) is 0.366. The van der Waals surface area contributed by atoms with Gasteiger partial charge >= 0.3 is 0 Å². The summed E-state index contributed by atoms with van der Waals surface area (Å²) < 4.78 is 21.1. The van der Waals surface area contributed by atoms with E-state index in [0.29, 0.717) is 38.0 Å². The van der Waals surface area contributed by atoms with E-state index in [1.807, 2.05) is 13.0 Å². The highest BCUT2D eigenvalue weighted by Crippen LogP contribution is 2.14. The summed E-state index contributed by atoms with van der Waals surface area (Å²) in [4.78, 5) is 8.04. The van der Waals surface area contributed by atoms with Gasteiger partial charge in [0, 0.05) is 39.1 Å². The summed E-state index contributed by atoms with van der Waals surface area (Å²) in [7, 11) is 1.69. The molecule has 2 rings (SSSR count). The molecule has 0 fully saturated rings. The minimum absolute atomic E-state index is 0.290. The number of imidazole rings is 1. The van der Waals surface area contributed by atoms with Gasteiger partial charge in [-0.3, -0.25) is 4.99 Å². The average molecular weight is 319 g/mol. The van der Waals surface area contributed by atoms with E-state index in [1.54, 1.807) is 36.4 Å². The number of nitrogens with zero attached hydrogens (tertiary/aromatic N) is 3. The van der Waals surface area contributed by atoms with Crippen molar-refractivity contribution in [1.82, 2.24) is 20.2 Å². The van der Waals surface area contributed by atoms with Gasteiger partial charge < -0.3 is 19.9 Å². The fourth-order valence-electron chi connectivity index (χ4n) is 2.06. The van der Waals surface area contributed by atoms with Crippen molar-refractivity contribution in [3.05, 3.63) is 48.3 Å². The monoisotopic (exact) mass is 319 g/mol. The first-order chi connectivity index (χ1) is 11.2. The minimum Gasteiger partial charge on any atom is -0.380 e. The van der Waals surface area contributed by atoms with Gasteiger partial charge in [-0.15, -0.1) is 0 Å². The van der Waals surface area contributed by atoms with E-state index >= 15 is 0 Å². The lowest BCUT2D eigenvalue weighted by molar-refractivity contribution is 0.152. The molecule has 2 aromatic rings. The van der Waals surface area contributed by atoms with Gasteiger partial charge in [0.15, 0.2) is 5.96 Å². The molecule has 1 aromatic heterocycles. The largest absolute Gasteiger partial charge is 0.380 e. The highest BCUT2D eigenvalue weighted by Gasteiger charge is 2.06. The number of hydrogen-bond acceptors (Lipinski definition) is 3. The average Bonchev–Trinajstić information content (AvgIpc) is 3.08. The number of hydrogen-bond donors (Lipinski definition) is 2. The van der Waals surface area contributed by atoms with Crippen molar-refractivity contribution >= 4 is 5.96 Å². The van der Waals surface area contributed by atoms with Gasteiger partial charge in [0.1, 0.15) is 5.82 Å². The zero-order valence-electron chi connectivity index (χ0n) is 13.4. The molecule has 23 heavy (non-hydrogen) atoms. The lowest BCUT2D eigenvalue weighted by atomic mass is 10.2. The normalized spacial score (nSPS) is 11.5. The van der Waals surface area contributed by atoms with E-state index in [0.717, 1.165) is 5.56 Å². The van der Waals surface area contributed by atoms with Crippen LogP contribution in [0.5, 0.6) is 0 Å². The molecule has 7 heteroatoms. The summed E-state index contributed by atoms with van der Waals surface area (Å²) >= 11 is 0. The van der Waals surface area contributed by atoms with E-state index in [4.69, 9.17) is 4.74 Å². The van der Waals surface area contributed by atoms with Crippen molar-refractivity contribution in [1.29, 1.82) is 0 Å². The third-order valence-electron chi connectivity index (χ3n) is 3.22. The minimum atomic E-state index is -0.290. The summed E-state index contributed by atoms with van der Waals surface area (Å²) in [6, 6.07) is 5.12. The number of aliphatic imine (C=N–C) groups is 1. The van der Waals surface area contributed by atoms with E-state index < -0.39 is 0 Å². The van der Waals surface area contributed by atoms with Gasteiger partial charge in [-0.1, -0.05) is 6.07 Å². The first-order valence-corrected chi connectivity index (χ1v) is 7.53. The highest BCUT2D eigenvalue weighted by molar-refractivity contribution is 5.79. The molecule has 0 saturated heterocycles. The smallest absolute Gasteiger partial charge is 0.191 e. The van der Waals surface area contributed by atoms with Crippen LogP contribution in [-0.4, -0.2) is 42.3 Å². The molecule has 1 aromatic carbocycles. The van der Waals surface area contributed by atoms with Gasteiger partial charge in [-0.25, -0.2) is 9.37 Å². The van der Waals surface area contributed by atoms with Gasteiger partial charge in [-0.05, 0) is 24.6 Å². The van der Waals surface area contributed by atoms with Crippen molar-refractivity contribution in [3.63, 3.8) is 0 Å². The Labute approximate surface area is 135 Å². The lowest BCUT2D eigenvalue weighted by Crippen LogP contribution is -2.38. The Morgan fingerprint density at radius 3 is 2.91 bits per heavy atom. The fraction of sp³-hybridized carbons (Fsp3) is 0.375. The molecule has 0 amide bonds. The highest BCUT2D eigenvalue weighted by atomic mass is 19.1. The summed E-state index contributed by atoms with van der Waals surface area (Å²) in [6.45, 7) is 4.41. The Morgan fingerprint density at radius 2 is 2.26 bits per heavy atom. The number of aromatic nitrogens is 2. The number of benzene rings is 1. The van der Waals surface area contributed by atoms with Crippen molar-refractivity contribution in [2.75, 3.05) is 26.8 Å². The van der Waals surface area contributed by atoms with Gasteiger partial charge in [0.2, 0.25) is 0 Å². The van der Waals surface area contributed by atoms with Gasteiger partial charge in [-0.2, -0.15) is 0 Å². The zero-order valence-corrected chi connectivity index (χ0v) is 13.4. The molecule has 124 valence electrons. The Hall–Kier alpha value is -2.41. The maximum absolute atomic E-state index is 14.2. The summed E-state index contributed by atoms with van der Waals surface area (Å²) in [6.07, 6.45) is 4.90. The van der Waals surface area contributed by atoms with Crippen LogP contribution in [0.25, 0.3) is 5.69 Å². The van der Waals surface area contributed by atoms with Crippen LogP contribution in [-0.2, 0) is 11.3 Å². The Balaban J connectivity index is 1.89. The standard InChI is InChI=1S/C16H22FN5O/c1-3-23-9-7-20-16(18-2)21-11-13-4-5-15(14(17)10-13)22-8-6-19-12-22/h4-6,8,10,12H,3,7,9,11H2,1-2H3,(H2,18,20,21). The second kappa shape index (κ2) is 8.89. The molecular weight excluding hydrogens is 297 g/mol. The van der Waals surface area contributed by atoms with E-state index in [1.165, 1.54) is 6.07 Å². The first-order valence-electron chi connectivity index (χ1n) is 7.53. The van der Waals surface area contributed by atoms with Gasteiger partial charge in [0.05, 0.1) is 18.6 Å². The molecule has 0 aliphatic rings. The SMILES string of the molecule is CCOCCNC(=NC)NCc1ccc(-n2ccnc2)c(F)c1. The zero-order chi connectivity index (χ0) is 16.5. The number of rotatable bonds is 7. The number of ether oxygens (including phenoxy) is 1. The van der Waals surface area contributed by atoms with Gasteiger partial charge in [0.25, 0.3) is 0 Å². The van der Waals surface area contributed by atoms with E-state index in [2.05, 4.69) is 20.6 Å². The Bertz CT molecular complexity index is 627. The van der Waals surface area contributed by atoms with Crippen LogP contribution >= 0.6 is 0 Å². The maximum Gasteiger partial charge on any atom is 0.191 e. The molecule has 0 radical (unpaired) electrons. The third-order valence-corrected chi connectivity index (χ3v) is 3.22.